The number of aliphatic hydroxyl groups excluding tert-OH is 1. The highest BCUT2D eigenvalue weighted by Crippen LogP contribution is 2.38. The Bertz CT molecular complexity index is 619. The number of hydrogen-bond acceptors (Lipinski definition) is 4. The van der Waals surface area contributed by atoms with Gasteiger partial charge in [-0.15, -0.1) is 0 Å². The molecule has 5 heteroatoms. The van der Waals surface area contributed by atoms with E-state index in [-0.39, 0.29) is 13.4 Å². The van der Waals surface area contributed by atoms with Gasteiger partial charge in [0.05, 0.1) is 18.5 Å². The third kappa shape index (κ3) is 1.96. The molecule has 100 valence electrons. The Kier molecular flexibility index (Phi) is 2.91. The molecule has 1 N–H and O–H groups in total. The minimum Gasteiger partial charge on any atom is -0.454 e. The molecule has 0 bridgehead atoms. The van der Waals surface area contributed by atoms with E-state index in [1.54, 1.807) is 0 Å². The Balaban J connectivity index is 2.07. The lowest BCUT2D eigenvalue weighted by molar-refractivity contribution is 0.174. The van der Waals surface area contributed by atoms with Crippen LogP contribution in [0, 0.1) is 6.92 Å². The van der Waals surface area contributed by atoms with Gasteiger partial charge in [0.1, 0.15) is 5.82 Å². The van der Waals surface area contributed by atoms with Gasteiger partial charge in [-0.2, -0.15) is 0 Å². The van der Waals surface area contributed by atoms with Crippen LogP contribution >= 0.6 is 0 Å². The molecule has 0 fully saturated rings. The quantitative estimate of drug-likeness (QED) is 0.912. The summed E-state index contributed by atoms with van der Waals surface area (Å²) in [4.78, 5) is 4.35. The monoisotopic (exact) mass is 260 g/mol. The highest BCUT2D eigenvalue weighted by Gasteiger charge is 2.18. The second-order valence-corrected chi connectivity index (χ2v) is 4.61. The third-order valence-corrected chi connectivity index (χ3v) is 3.42. The first-order valence-corrected chi connectivity index (χ1v) is 6.22. The van der Waals surface area contributed by atoms with E-state index in [0.29, 0.717) is 6.42 Å². The van der Waals surface area contributed by atoms with Gasteiger partial charge in [-0.1, -0.05) is 0 Å². The molecule has 1 aliphatic heterocycles. The van der Waals surface area contributed by atoms with Gasteiger partial charge < -0.3 is 19.1 Å². The average molecular weight is 260 g/mol. The van der Waals surface area contributed by atoms with E-state index in [1.807, 2.05) is 36.9 Å². The number of ether oxygens (including phenoxy) is 2. The van der Waals surface area contributed by atoms with Crippen LogP contribution in [0.4, 0.5) is 0 Å². The van der Waals surface area contributed by atoms with Gasteiger partial charge in [0.25, 0.3) is 0 Å². The fraction of sp³-hybridized carbons (Fsp3) is 0.357. The van der Waals surface area contributed by atoms with Crippen molar-refractivity contribution in [2.45, 2.75) is 13.3 Å². The Morgan fingerprint density at radius 2 is 2.05 bits per heavy atom. The van der Waals surface area contributed by atoms with Gasteiger partial charge in [0, 0.05) is 19.0 Å². The van der Waals surface area contributed by atoms with Crippen molar-refractivity contribution in [1.29, 1.82) is 0 Å². The summed E-state index contributed by atoms with van der Waals surface area (Å²) in [5.41, 5.74) is 3.20. The standard InChI is InChI=1S/C14H16N2O3/c1-9-5-12-13(19-8-18-12)6-10(9)11-7-15-14(3-4-17)16(11)2/h5-7,17H,3-4,8H2,1-2H3. The van der Waals surface area contributed by atoms with E-state index in [2.05, 4.69) is 4.98 Å². The van der Waals surface area contributed by atoms with Crippen LogP contribution in [0.15, 0.2) is 18.3 Å². The lowest BCUT2D eigenvalue weighted by atomic mass is 10.1. The number of aliphatic hydroxyl groups is 1. The van der Waals surface area contributed by atoms with E-state index in [1.165, 1.54) is 0 Å². The second kappa shape index (κ2) is 4.59. The largest absolute Gasteiger partial charge is 0.454 e. The van der Waals surface area contributed by atoms with Crippen molar-refractivity contribution >= 4 is 0 Å². The third-order valence-electron chi connectivity index (χ3n) is 3.42. The Hall–Kier alpha value is -2.01. The Morgan fingerprint density at radius 3 is 2.79 bits per heavy atom. The summed E-state index contributed by atoms with van der Waals surface area (Å²) in [6.45, 7) is 2.42. The smallest absolute Gasteiger partial charge is 0.231 e. The molecule has 0 radical (unpaired) electrons. The first-order chi connectivity index (χ1) is 9.20. The number of hydrogen-bond donors (Lipinski definition) is 1. The molecule has 0 amide bonds. The van der Waals surface area contributed by atoms with Crippen LogP contribution in [0.1, 0.15) is 11.4 Å². The number of fused-ring (bicyclic) bond motifs is 1. The summed E-state index contributed by atoms with van der Waals surface area (Å²) in [5.74, 6) is 2.43. The van der Waals surface area contributed by atoms with E-state index >= 15 is 0 Å². The first kappa shape index (κ1) is 12.0. The highest BCUT2D eigenvalue weighted by molar-refractivity contribution is 5.68. The van der Waals surface area contributed by atoms with Crippen LogP contribution in [-0.2, 0) is 13.5 Å². The molecule has 0 saturated heterocycles. The first-order valence-electron chi connectivity index (χ1n) is 6.22. The molecule has 1 aromatic heterocycles. The number of benzene rings is 1. The van der Waals surface area contributed by atoms with Crippen LogP contribution in [-0.4, -0.2) is 28.1 Å². The molecule has 0 spiro atoms. The molecule has 3 rings (SSSR count). The summed E-state index contributed by atoms with van der Waals surface area (Å²) in [7, 11) is 1.96. The molecule has 1 aliphatic rings. The molecule has 2 aromatic rings. The number of imidazole rings is 1. The number of aromatic nitrogens is 2. The van der Waals surface area contributed by atoms with E-state index in [9.17, 15) is 0 Å². The zero-order chi connectivity index (χ0) is 13.4. The van der Waals surface area contributed by atoms with Crippen LogP contribution < -0.4 is 9.47 Å². The van der Waals surface area contributed by atoms with Gasteiger partial charge >= 0.3 is 0 Å². The molecular formula is C14H16N2O3. The molecule has 0 aliphatic carbocycles. The maximum atomic E-state index is 9.02. The SMILES string of the molecule is Cc1cc2c(cc1-c1cnc(CCO)n1C)OCO2. The van der Waals surface area contributed by atoms with Crippen LogP contribution in [0.5, 0.6) is 11.5 Å². The molecule has 1 aromatic carbocycles. The van der Waals surface area contributed by atoms with Crippen molar-refractivity contribution in [3.05, 3.63) is 29.7 Å². The lowest BCUT2D eigenvalue weighted by Gasteiger charge is -2.09. The molecule has 0 atom stereocenters. The zero-order valence-corrected chi connectivity index (χ0v) is 11.0. The second-order valence-electron chi connectivity index (χ2n) is 4.61. The summed E-state index contributed by atoms with van der Waals surface area (Å²) in [6, 6.07) is 3.97. The minimum absolute atomic E-state index is 0.102. The number of nitrogens with zero attached hydrogens (tertiary/aromatic N) is 2. The molecule has 19 heavy (non-hydrogen) atoms. The van der Waals surface area contributed by atoms with Gasteiger partial charge in [0.2, 0.25) is 6.79 Å². The van der Waals surface area contributed by atoms with Crippen molar-refractivity contribution in [1.82, 2.24) is 9.55 Å². The molecule has 0 unspecified atom stereocenters. The van der Waals surface area contributed by atoms with E-state index in [4.69, 9.17) is 14.6 Å². The number of rotatable bonds is 3. The van der Waals surface area contributed by atoms with Gasteiger partial charge in [0.15, 0.2) is 11.5 Å². The molecular weight excluding hydrogens is 244 g/mol. The zero-order valence-electron chi connectivity index (χ0n) is 11.0. The number of aryl methyl sites for hydroxylation is 1. The van der Waals surface area contributed by atoms with E-state index < -0.39 is 0 Å². The predicted molar refractivity (Wildman–Crippen MR) is 70.3 cm³/mol. The lowest BCUT2D eigenvalue weighted by Crippen LogP contribution is -2.02. The molecule has 5 nitrogen and oxygen atoms in total. The average Bonchev–Trinajstić information content (AvgIpc) is 2.97. The normalized spacial score (nSPS) is 13.0. The highest BCUT2D eigenvalue weighted by atomic mass is 16.7. The van der Waals surface area contributed by atoms with Crippen LogP contribution in [0.2, 0.25) is 0 Å². The summed E-state index contributed by atoms with van der Waals surface area (Å²) >= 11 is 0. The fourth-order valence-electron chi connectivity index (χ4n) is 2.35. The van der Waals surface area contributed by atoms with Gasteiger partial charge in [-0.05, 0) is 24.6 Å². The van der Waals surface area contributed by atoms with Crippen LogP contribution in [0.3, 0.4) is 0 Å². The fourth-order valence-corrected chi connectivity index (χ4v) is 2.35. The van der Waals surface area contributed by atoms with Crippen molar-refractivity contribution in [2.75, 3.05) is 13.4 Å². The Labute approximate surface area is 111 Å². The minimum atomic E-state index is 0.102. The topological polar surface area (TPSA) is 56.5 Å². The van der Waals surface area contributed by atoms with Crippen molar-refractivity contribution in [3.8, 4) is 22.8 Å². The van der Waals surface area contributed by atoms with Crippen LogP contribution in [0.25, 0.3) is 11.3 Å². The summed E-state index contributed by atoms with van der Waals surface area (Å²) in [5, 5.41) is 9.02. The van der Waals surface area contributed by atoms with Gasteiger partial charge in [-0.25, -0.2) is 4.98 Å². The maximum absolute atomic E-state index is 9.02. The molecule has 0 saturated carbocycles. The van der Waals surface area contributed by atoms with E-state index in [0.717, 1.165) is 34.1 Å². The summed E-state index contributed by atoms with van der Waals surface area (Å²) < 4.78 is 12.8. The predicted octanol–water partition coefficient (Wildman–Crippen LogP) is 1.66. The maximum Gasteiger partial charge on any atom is 0.231 e. The van der Waals surface area contributed by atoms with Crippen molar-refractivity contribution < 1.29 is 14.6 Å². The van der Waals surface area contributed by atoms with Crippen molar-refractivity contribution in [2.24, 2.45) is 7.05 Å². The molecule has 2 heterocycles. The summed E-state index contributed by atoms with van der Waals surface area (Å²) in [6.07, 6.45) is 2.38. The van der Waals surface area contributed by atoms with Gasteiger partial charge in [-0.3, -0.25) is 0 Å². The Morgan fingerprint density at radius 1 is 1.32 bits per heavy atom. The van der Waals surface area contributed by atoms with Crippen molar-refractivity contribution in [3.63, 3.8) is 0 Å².